The van der Waals surface area contributed by atoms with Crippen LogP contribution in [0.15, 0.2) is 85.1 Å². The van der Waals surface area contributed by atoms with Crippen LogP contribution in [0.4, 0.5) is 40.6 Å². The van der Waals surface area contributed by atoms with Crippen LogP contribution in [0.25, 0.3) is 10.9 Å². The van der Waals surface area contributed by atoms with Gasteiger partial charge in [0.15, 0.2) is 0 Å². The van der Waals surface area contributed by atoms with Crippen molar-refractivity contribution in [2.24, 2.45) is 0 Å². The zero-order valence-corrected chi connectivity index (χ0v) is 23.3. The normalized spacial score (nSPS) is 11.0. The fourth-order valence-electron chi connectivity index (χ4n) is 4.27. The van der Waals surface area contributed by atoms with E-state index in [0.717, 1.165) is 59.8 Å². The zero-order chi connectivity index (χ0) is 27.7. The Morgan fingerprint density at radius 1 is 0.700 bits per heavy atom. The number of nitrogens with one attached hydrogen (secondary N) is 4. The highest BCUT2D eigenvalue weighted by atomic mass is 35.5. The molecule has 0 saturated carbocycles. The monoisotopic (exact) mass is 553 g/mol. The smallest absolute Gasteiger partial charge is 0.233 e. The molecule has 2 heterocycles. The molecule has 0 spiro atoms. The number of halogens is 1. The van der Waals surface area contributed by atoms with E-state index < -0.39 is 0 Å². The molecule has 9 nitrogen and oxygen atoms in total. The van der Waals surface area contributed by atoms with Gasteiger partial charge < -0.3 is 26.2 Å². The molecule has 0 amide bonds. The van der Waals surface area contributed by atoms with Gasteiger partial charge in [0.05, 0.1) is 5.52 Å². The van der Waals surface area contributed by atoms with Crippen molar-refractivity contribution in [2.75, 3.05) is 47.4 Å². The molecule has 0 radical (unpaired) electrons. The second-order valence-corrected chi connectivity index (χ2v) is 9.54. The van der Waals surface area contributed by atoms with Gasteiger partial charge in [0.2, 0.25) is 17.8 Å². The number of anilines is 7. The summed E-state index contributed by atoms with van der Waals surface area (Å²) in [5, 5.41) is 15.1. The molecule has 0 bridgehead atoms. The number of hydrogen-bond acceptors (Lipinski definition) is 9. The van der Waals surface area contributed by atoms with E-state index in [1.807, 2.05) is 78.9 Å². The van der Waals surface area contributed by atoms with Crippen molar-refractivity contribution in [3.05, 3.63) is 90.1 Å². The van der Waals surface area contributed by atoms with Gasteiger partial charge >= 0.3 is 0 Å². The van der Waals surface area contributed by atoms with Crippen LogP contribution in [0.2, 0.25) is 5.02 Å². The van der Waals surface area contributed by atoms with Gasteiger partial charge in [-0.25, -0.2) is 0 Å². The number of fused-ring (bicyclic) bond motifs is 1. The summed E-state index contributed by atoms with van der Waals surface area (Å²) >= 11 is 6.16. The van der Waals surface area contributed by atoms with Crippen LogP contribution >= 0.6 is 11.6 Å². The third-order valence-corrected chi connectivity index (χ3v) is 6.61. The summed E-state index contributed by atoms with van der Waals surface area (Å²) < 4.78 is 0. The lowest BCUT2D eigenvalue weighted by molar-refractivity contribution is 0.316. The first-order chi connectivity index (χ1) is 19.6. The first-order valence-electron chi connectivity index (χ1n) is 13.3. The molecule has 204 valence electrons. The maximum absolute atomic E-state index is 6.16. The molecule has 3 aromatic carbocycles. The summed E-state index contributed by atoms with van der Waals surface area (Å²) in [6.07, 6.45) is 1.77. The fraction of sp³-hybridized carbons (Fsp3) is 0.200. The van der Waals surface area contributed by atoms with E-state index in [-0.39, 0.29) is 0 Å². The minimum absolute atomic E-state index is 0.430. The number of likely N-dealkylation sites (N-methyl/N-ethyl adjacent to an activating group) is 1. The summed E-state index contributed by atoms with van der Waals surface area (Å²) in [5.41, 5.74) is 4.40. The van der Waals surface area contributed by atoms with E-state index in [1.54, 1.807) is 6.20 Å². The Bertz CT molecular complexity index is 1560. The van der Waals surface area contributed by atoms with E-state index in [2.05, 4.69) is 60.0 Å². The number of pyridine rings is 1. The average molecular weight is 554 g/mol. The van der Waals surface area contributed by atoms with Crippen LogP contribution < -0.4 is 21.3 Å². The minimum Gasteiger partial charge on any atom is -0.355 e. The Morgan fingerprint density at radius 2 is 1.38 bits per heavy atom. The number of benzene rings is 3. The summed E-state index contributed by atoms with van der Waals surface area (Å²) in [7, 11) is 0. The van der Waals surface area contributed by atoms with Gasteiger partial charge in [-0.3, -0.25) is 4.98 Å². The number of hydrogen-bond donors (Lipinski definition) is 4. The van der Waals surface area contributed by atoms with Crippen LogP contribution in [-0.4, -0.2) is 51.0 Å². The van der Waals surface area contributed by atoms with E-state index >= 15 is 0 Å². The molecule has 5 rings (SSSR count). The summed E-state index contributed by atoms with van der Waals surface area (Å²) in [4.78, 5) is 20.6. The van der Waals surface area contributed by atoms with E-state index in [9.17, 15) is 0 Å². The maximum Gasteiger partial charge on any atom is 0.233 e. The van der Waals surface area contributed by atoms with Crippen LogP contribution in [0.5, 0.6) is 0 Å². The van der Waals surface area contributed by atoms with Crippen LogP contribution in [0.1, 0.15) is 13.8 Å². The second-order valence-electron chi connectivity index (χ2n) is 9.10. The van der Waals surface area contributed by atoms with E-state index in [1.165, 1.54) is 0 Å². The molecule has 4 N–H and O–H groups in total. The highest BCUT2D eigenvalue weighted by Gasteiger charge is 2.10. The lowest BCUT2D eigenvalue weighted by Crippen LogP contribution is -2.29. The molecule has 0 aliphatic rings. The first kappa shape index (κ1) is 27.1. The zero-order valence-electron chi connectivity index (χ0n) is 22.5. The Balaban J connectivity index is 1.36. The molecular weight excluding hydrogens is 522 g/mol. The number of rotatable bonds is 12. The Hall–Kier alpha value is -4.47. The van der Waals surface area contributed by atoms with E-state index in [0.29, 0.717) is 22.9 Å². The lowest BCUT2D eigenvalue weighted by Gasteiger charge is -2.18. The van der Waals surface area contributed by atoms with Crippen molar-refractivity contribution in [1.82, 2.24) is 24.8 Å². The molecule has 0 aliphatic heterocycles. The molecule has 2 aromatic heterocycles. The van der Waals surface area contributed by atoms with Crippen molar-refractivity contribution in [1.29, 1.82) is 0 Å². The van der Waals surface area contributed by atoms with Crippen LogP contribution in [-0.2, 0) is 0 Å². The summed E-state index contributed by atoms with van der Waals surface area (Å²) in [6.45, 7) is 7.93. The van der Waals surface area contributed by atoms with Crippen molar-refractivity contribution in [3.8, 4) is 0 Å². The average Bonchev–Trinajstić information content (AvgIpc) is 2.96. The Morgan fingerprint density at radius 3 is 2.12 bits per heavy atom. The van der Waals surface area contributed by atoms with E-state index in [4.69, 9.17) is 11.6 Å². The molecule has 0 atom stereocenters. The standard InChI is InChI=1S/C30H32ClN9/c1-3-40(4-2)18-17-33-28-37-29(35-22-9-6-5-7-10-22)39-30(38-28)36-24-12-8-11-23(20-24)34-26-15-16-32-27-19-21(31)13-14-25(26)27/h5-16,19-20H,3-4,17-18H2,1-2H3,(H,32,34)(H3,33,35,36,37,38,39). The third kappa shape index (κ3) is 7.13. The largest absolute Gasteiger partial charge is 0.355 e. The Labute approximate surface area is 239 Å². The van der Waals surface area contributed by atoms with Gasteiger partial charge in [-0.1, -0.05) is 49.7 Å². The third-order valence-electron chi connectivity index (χ3n) is 6.37. The van der Waals surface area contributed by atoms with Crippen molar-refractivity contribution < 1.29 is 0 Å². The molecular formula is C30H32ClN9. The predicted octanol–water partition coefficient (Wildman–Crippen LogP) is 7.06. The number of aromatic nitrogens is 4. The maximum atomic E-state index is 6.16. The quantitative estimate of drug-likeness (QED) is 0.129. The summed E-state index contributed by atoms with van der Waals surface area (Å²) in [6, 6.07) is 25.4. The molecule has 10 heteroatoms. The first-order valence-corrected chi connectivity index (χ1v) is 13.7. The van der Waals surface area contributed by atoms with Gasteiger partial charge in [-0.2, -0.15) is 15.0 Å². The van der Waals surface area contributed by atoms with Crippen LogP contribution in [0.3, 0.4) is 0 Å². The molecule has 40 heavy (non-hydrogen) atoms. The highest BCUT2D eigenvalue weighted by molar-refractivity contribution is 6.31. The van der Waals surface area contributed by atoms with Crippen molar-refractivity contribution in [2.45, 2.75) is 13.8 Å². The molecule has 0 fully saturated rings. The SMILES string of the molecule is CCN(CC)CCNc1nc(Nc2ccccc2)nc(Nc2cccc(Nc3ccnc4cc(Cl)ccc34)c2)n1. The Kier molecular flexibility index (Phi) is 8.85. The van der Waals surface area contributed by atoms with Gasteiger partial charge in [0.1, 0.15) is 0 Å². The topological polar surface area (TPSA) is 103 Å². The fourth-order valence-corrected chi connectivity index (χ4v) is 4.44. The molecule has 0 saturated heterocycles. The second kappa shape index (κ2) is 13.1. The van der Waals surface area contributed by atoms with Gasteiger partial charge in [0, 0.05) is 52.4 Å². The van der Waals surface area contributed by atoms with Gasteiger partial charge in [-0.05, 0) is 67.7 Å². The van der Waals surface area contributed by atoms with Crippen molar-refractivity contribution >= 4 is 63.1 Å². The molecule has 0 unspecified atom stereocenters. The predicted molar refractivity (Wildman–Crippen MR) is 166 cm³/mol. The highest BCUT2D eigenvalue weighted by Crippen LogP contribution is 2.28. The molecule has 0 aliphatic carbocycles. The van der Waals surface area contributed by atoms with Gasteiger partial charge in [-0.15, -0.1) is 0 Å². The lowest BCUT2D eigenvalue weighted by atomic mass is 10.1. The number of para-hydroxylation sites is 1. The molecule has 5 aromatic rings. The van der Waals surface area contributed by atoms with Crippen molar-refractivity contribution in [3.63, 3.8) is 0 Å². The summed E-state index contributed by atoms with van der Waals surface area (Å²) in [5.74, 6) is 1.38. The van der Waals surface area contributed by atoms with Crippen LogP contribution in [0, 0.1) is 0 Å². The number of nitrogens with zero attached hydrogens (tertiary/aromatic N) is 5. The van der Waals surface area contributed by atoms with Gasteiger partial charge in [0.25, 0.3) is 0 Å². The minimum atomic E-state index is 0.430.